The summed E-state index contributed by atoms with van der Waals surface area (Å²) in [6, 6.07) is 76.2. The summed E-state index contributed by atoms with van der Waals surface area (Å²) in [5.74, 6) is 1.25. The van der Waals surface area contributed by atoms with E-state index in [2.05, 4.69) is 253 Å². The average Bonchev–Trinajstić information content (AvgIpc) is 3.83. The smallest absolute Gasteiger partial charge is 0.0502 e. The zero-order chi connectivity index (χ0) is 41.7. The molecule has 0 bridgehead atoms. The third-order valence-electron chi connectivity index (χ3n) is 14.3. The minimum atomic E-state index is -0.230. The molecule has 0 amide bonds. The third-order valence-corrected chi connectivity index (χ3v) is 14.3. The van der Waals surface area contributed by atoms with Crippen LogP contribution in [0.15, 0.2) is 243 Å². The van der Waals surface area contributed by atoms with Crippen LogP contribution < -0.4 is 9.80 Å². The molecule has 0 aliphatic heterocycles. The van der Waals surface area contributed by atoms with Crippen molar-refractivity contribution in [2.75, 3.05) is 9.80 Å². The number of hydrogen-bond acceptors (Lipinski definition) is 2. The van der Waals surface area contributed by atoms with Crippen molar-refractivity contribution in [2.24, 2.45) is 11.8 Å². The first-order valence-electron chi connectivity index (χ1n) is 22.6. The maximum atomic E-state index is 2.59. The second-order valence-corrected chi connectivity index (χ2v) is 17.5. The Hall–Kier alpha value is -7.42. The highest BCUT2D eigenvalue weighted by molar-refractivity contribution is 5.85. The van der Waals surface area contributed by atoms with Gasteiger partial charge >= 0.3 is 0 Å². The summed E-state index contributed by atoms with van der Waals surface area (Å²) in [7, 11) is 0. The fourth-order valence-electron chi connectivity index (χ4n) is 11.8. The Labute approximate surface area is 371 Å². The first kappa shape index (κ1) is 37.4. The van der Waals surface area contributed by atoms with Gasteiger partial charge in [-0.25, -0.2) is 0 Å². The van der Waals surface area contributed by atoms with Crippen molar-refractivity contribution in [1.82, 2.24) is 0 Å². The Morgan fingerprint density at radius 2 is 0.952 bits per heavy atom. The van der Waals surface area contributed by atoms with Gasteiger partial charge in [-0.15, -0.1) is 0 Å². The Morgan fingerprint density at radius 3 is 1.68 bits per heavy atom. The van der Waals surface area contributed by atoms with Crippen LogP contribution in [0.3, 0.4) is 0 Å². The highest BCUT2D eigenvalue weighted by atomic mass is 15.2. The monoisotopic (exact) mass is 808 g/mol. The summed E-state index contributed by atoms with van der Waals surface area (Å²) >= 11 is 0. The molecule has 0 radical (unpaired) electrons. The molecule has 0 aromatic heterocycles. The van der Waals surface area contributed by atoms with Gasteiger partial charge in [-0.2, -0.15) is 0 Å². The molecule has 0 saturated heterocycles. The number of benzene rings is 8. The number of rotatable bonds is 8. The van der Waals surface area contributed by atoms with Gasteiger partial charge in [0, 0.05) is 51.6 Å². The second-order valence-electron chi connectivity index (χ2n) is 17.5. The fraction of sp³-hybridized carbons (Fsp3) is 0.115. The van der Waals surface area contributed by atoms with Crippen molar-refractivity contribution in [3.05, 3.63) is 265 Å². The number of allylic oxidation sites excluding steroid dienone is 6. The molecule has 2 heteroatoms. The van der Waals surface area contributed by atoms with Crippen molar-refractivity contribution < 1.29 is 0 Å². The van der Waals surface area contributed by atoms with Gasteiger partial charge in [0.2, 0.25) is 0 Å². The Bertz CT molecular complexity index is 3020. The van der Waals surface area contributed by atoms with E-state index in [-0.39, 0.29) is 17.3 Å². The van der Waals surface area contributed by atoms with Gasteiger partial charge in [0.15, 0.2) is 0 Å². The molecule has 0 fully saturated rings. The van der Waals surface area contributed by atoms with Crippen LogP contribution in [0.25, 0.3) is 22.3 Å². The summed E-state index contributed by atoms with van der Waals surface area (Å²) in [5.41, 5.74) is 17.6. The molecule has 0 N–H and O–H groups in total. The molecule has 4 aliphatic carbocycles. The van der Waals surface area contributed by atoms with E-state index in [1.54, 1.807) is 0 Å². The maximum absolute atomic E-state index is 2.59. The van der Waals surface area contributed by atoms with E-state index < -0.39 is 0 Å². The van der Waals surface area contributed by atoms with Crippen molar-refractivity contribution in [3.8, 4) is 22.3 Å². The molecular formula is C61H48N2. The highest BCUT2D eigenvalue weighted by Crippen LogP contribution is 2.70. The van der Waals surface area contributed by atoms with Crippen LogP contribution in [-0.2, 0) is 5.41 Å². The van der Waals surface area contributed by atoms with E-state index in [9.17, 15) is 0 Å². The van der Waals surface area contributed by atoms with Crippen LogP contribution in [0, 0.1) is 11.8 Å². The van der Waals surface area contributed by atoms with Gasteiger partial charge in [0.05, 0.1) is 5.69 Å². The first-order chi connectivity index (χ1) is 31.3. The number of para-hydroxylation sites is 2. The highest BCUT2D eigenvalue weighted by Gasteiger charge is 2.62. The van der Waals surface area contributed by atoms with Crippen LogP contribution in [-0.4, -0.2) is 0 Å². The largest absolute Gasteiger partial charge is 0.310 e. The molecule has 1 spiro atoms. The van der Waals surface area contributed by atoms with Gasteiger partial charge in [0.25, 0.3) is 0 Å². The van der Waals surface area contributed by atoms with Crippen LogP contribution >= 0.6 is 0 Å². The Balaban J connectivity index is 1.06. The first-order valence-corrected chi connectivity index (χ1v) is 22.6. The van der Waals surface area contributed by atoms with Crippen molar-refractivity contribution in [3.63, 3.8) is 0 Å². The van der Waals surface area contributed by atoms with Crippen LogP contribution in [0.4, 0.5) is 34.1 Å². The fourth-order valence-corrected chi connectivity index (χ4v) is 11.8. The Morgan fingerprint density at radius 1 is 0.397 bits per heavy atom. The molecule has 0 saturated carbocycles. The lowest BCUT2D eigenvalue weighted by atomic mass is 9.60. The minimum absolute atomic E-state index is 0.210. The molecule has 5 unspecified atom stereocenters. The van der Waals surface area contributed by atoms with E-state index in [0.717, 1.165) is 35.6 Å². The van der Waals surface area contributed by atoms with E-state index in [0.29, 0.717) is 11.8 Å². The van der Waals surface area contributed by atoms with Crippen molar-refractivity contribution in [1.29, 1.82) is 0 Å². The zero-order valence-electron chi connectivity index (χ0n) is 35.2. The van der Waals surface area contributed by atoms with Gasteiger partial charge in [-0.05, 0) is 130 Å². The van der Waals surface area contributed by atoms with E-state index in [1.165, 1.54) is 55.9 Å². The lowest BCUT2D eigenvalue weighted by Crippen LogP contribution is -2.39. The van der Waals surface area contributed by atoms with Crippen LogP contribution in [0.2, 0.25) is 0 Å². The van der Waals surface area contributed by atoms with Crippen molar-refractivity contribution in [2.45, 2.75) is 30.1 Å². The molecule has 5 atom stereocenters. The number of fused-ring (bicyclic) bond motifs is 10. The number of nitrogens with zero attached hydrogens (tertiary/aromatic N) is 2. The predicted molar refractivity (Wildman–Crippen MR) is 263 cm³/mol. The van der Waals surface area contributed by atoms with Gasteiger partial charge in [-0.3, -0.25) is 0 Å². The summed E-state index contributed by atoms with van der Waals surface area (Å²) < 4.78 is 0. The van der Waals surface area contributed by atoms with E-state index in [4.69, 9.17) is 0 Å². The van der Waals surface area contributed by atoms with E-state index in [1.807, 2.05) is 0 Å². The number of hydrogen-bond donors (Lipinski definition) is 0. The average molecular weight is 809 g/mol. The van der Waals surface area contributed by atoms with Crippen LogP contribution in [0.5, 0.6) is 0 Å². The van der Waals surface area contributed by atoms with E-state index >= 15 is 0 Å². The summed E-state index contributed by atoms with van der Waals surface area (Å²) in [6.45, 7) is 0. The van der Waals surface area contributed by atoms with Gasteiger partial charge < -0.3 is 9.80 Å². The van der Waals surface area contributed by atoms with Crippen LogP contribution in [0.1, 0.15) is 46.9 Å². The molecule has 12 rings (SSSR count). The topological polar surface area (TPSA) is 6.48 Å². The molecule has 2 nitrogen and oxygen atoms in total. The third kappa shape index (κ3) is 6.08. The summed E-state index contributed by atoms with van der Waals surface area (Å²) in [5, 5.41) is 0. The molecule has 63 heavy (non-hydrogen) atoms. The van der Waals surface area contributed by atoms with Gasteiger partial charge in [0.1, 0.15) is 0 Å². The lowest BCUT2D eigenvalue weighted by molar-refractivity contribution is 0.247. The summed E-state index contributed by atoms with van der Waals surface area (Å²) in [6.07, 6.45) is 16.9. The normalized spacial score (nSPS) is 21.1. The molecule has 302 valence electrons. The molecule has 0 heterocycles. The molecule has 4 aliphatic rings. The molecular weight excluding hydrogens is 761 g/mol. The quantitative estimate of drug-likeness (QED) is 0.141. The molecule has 8 aromatic rings. The SMILES string of the molecule is C1=CC2c3c(N(c4ccccc4)c4cccc(-c5ccccc5)c4)cccc3C3(c4cc(N(c5ccccc5)c5ccc(-c6ccccc6)cc5)ccc4C4C=CCCC43)C2C=C1. The predicted octanol–water partition coefficient (Wildman–Crippen LogP) is 16.1. The van der Waals surface area contributed by atoms with Crippen molar-refractivity contribution >= 4 is 34.1 Å². The Kier molecular flexibility index (Phi) is 9.18. The summed E-state index contributed by atoms with van der Waals surface area (Å²) in [4.78, 5) is 4.98. The van der Waals surface area contributed by atoms with Gasteiger partial charge in [-0.1, -0.05) is 176 Å². The molecule has 8 aromatic carbocycles. The zero-order valence-corrected chi connectivity index (χ0v) is 35.2. The standard InChI is InChI=1S/C61H48N2/c1-5-19-43(20-6-1)45-35-37-49(38-36-45)62(47-24-9-3-10-25-47)51-39-40-53-52-29-13-15-31-55(52)61(58(53)42-51)56-32-16-14-30-54(56)60-57(61)33-18-34-59(60)63(48-26-11-4-12-27-48)50-28-17-23-46(41-50)44-21-7-2-8-22-44/h1-14,16-30,32-42,52,54-56H,15,31H2. The minimum Gasteiger partial charge on any atom is -0.310 e. The second kappa shape index (κ2) is 15.5. The maximum Gasteiger partial charge on any atom is 0.0502 e. The number of anilines is 6. The lowest BCUT2D eigenvalue weighted by Gasteiger charge is -2.42.